The summed E-state index contributed by atoms with van der Waals surface area (Å²) in [5.41, 5.74) is 6.68. The maximum atomic E-state index is 11.8. The monoisotopic (exact) mass is 385 g/mol. The Balaban J connectivity index is 1.87. The standard InChI is InChI=1S/C14H15N3O4S3/c1-5-11(12(15)19)24-14(16-5)23-6(2)7-4-22-9-3-8(18)17(9)10(7)13(20)21/h6,9H,3-4H2,1-2H3,(H2,15,19)(H,20,21)/t6?,9-/m0/s1. The maximum Gasteiger partial charge on any atom is 0.352 e. The zero-order valence-corrected chi connectivity index (χ0v) is 15.4. The molecule has 3 N–H and O–H groups in total. The molecule has 0 saturated carbocycles. The summed E-state index contributed by atoms with van der Waals surface area (Å²) in [6.07, 6.45) is 0.393. The van der Waals surface area contributed by atoms with Crippen molar-refractivity contribution in [2.45, 2.75) is 35.2 Å². The number of primary amides is 1. The molecule has 24 heavy (non-hydrogen) atoms. The molecular weight excluding hydrogens is 370 g/mol. The summed E-state index contributed by atoms with van der Waals surface area (Å²) in [7, 11) is 0. The van der Waals surface area contributed by atoms with Gasteiger partial charge in [0.25, 0.3) is 5.91 Å². The first kappa shape index (κ1) is 17.3. The molecule has 128 valence electrons. The van der Waals surface area contributed by atoms with E-state index in [1.165, 1.54) is 28.0 Å². The second kappa shape index (κ2) is 6.41. The second-order valence-corrected chi connectivity index (χ2v) is 9.18. The minimum atomic E-state index is -1.08. The van der Waals surface area contributed by atoms with E-state index in [9.17, 15) is 19.5 Å². The minimum Gasteiger partial charge on any atom is -0.477 e. The highest BCUT2D eigenvalue weighted by atomic mass is 32.2. The van der Waals surface area contributed by atoms with E-state index in [2.05, 4.69) is 4.98 Å². The largest absolute Gasteiger partial charge is 0.477 e. The van der Waals surface area contributed by atoms with Crippen LogP contribution in [0.25, 0.3) is 0 Å². The molecule has 7 nitrogen and oxygen atoms in total. The third-order valence-corrected chi connectivity index (χ3v) is 7.53. The fraction of sp³-hybridized carbons (Fsp3) is 0.429. The number of thiazole rings is 1. The third kappa shape index (κ3) is 2.93. The van der Waals surface area contributed by atoms with Gasteiger partial charge in [-0.25, -0.2) is 9.78 Å². The molecule has 0 bridgehead atoms. The number of aromatic nitrogens is 1. The van der Waals surface area contributed by atoms with Gasteiger partial charge < -0.3 is 10.8 Å². The van der Waals surface area contributed by atoms with Gasteiger partial charge in [0, 0.05) is 11.0 Å². The van der Waals surface area contributed by atoms with E-state index >= 15 is 0 Å². The van der Waals surface area contributed by atoms with E-state index in [1.807, 2.05) is 6.92 Å². The van der Waals surface area contributed by atoms with Crippen LogP contribution in [0.2, 0.25) is 0 Å². The number of rotatable bonds is 5. The van der Waals surface area contributed by atoms with E-state index in [1.54, 1.807) is 18.7 Å². The highest BCUT2D eigenvalue weighted by molar-refractivity contribution is 8.02. The topological polar surface area (TPSA) is 114 Å². The minimum absolute atomic E-state index is 0.0619. The lowest BCUT2D eigenvalue weighted by atomic mass is 10.1. The fourth-order valence-corrected chi connectivity index (χ4v) is 6.47. The zero-order valence-electron chi connectivity index (χ0n) is 12.9. The number of aliphatic carboxylic acids is 1. The lowest BCUT2D eigenvalue weighted by molar-refractivity contribution is -0.146. The molecule has 1 aromatic heterocycles. The highest BCUT2D eigenvalue weighted by Gasteiger charge is 2.46. The predicted octanol–water partition coefficient (Wildman–Crippen LogP) is 1.67. The van der Waals surface area contributed by atoms with Gasteiger partial charge in [-0.1, -0.05) is 11.8 Å². The number of amides is 2. The Hall–Kier alpha value is -1.52. The Morgan fingerprint density at radius 2 is 2.21 bits per heavy atom. The number of carbonyl (C=O) groups is 3. The first-order valence-corrected chi connectivity index (χ1v) is 9.88. The number of aryl methyl sites for hydroxylation is 1. The molecule has 0 spiro atoms. The van der Waals surface area contributed by atoms with Gasteiger partial charge in [-0.05, 0) is 19.4 Å². The molecule has 1 unspecified atom stereocenters. The second-order valence-electron chi connectivity index (χ2n) is 5.43. The lowest BCUT2D eigenvalue weighted by Gasteiger charge is -2.44. The first-order valence-electron chi connectivity index (χ1n) is 7.13. The molecule has 0 aromatic carbocycles. The van der Waals surface area contributed by atoms with Crippen molar-refractivity contribution in [1.82, 2.24) is 9.88 Å². The Morgan fingerprint density at radius 3 is 2.75 bits per heavy atom. The van der Waals surface area contributed by atoms with Crippen LogP contribution in [0.1, 0.15) is 28.7 Å². The number of thioether (sulfide) groups is 2. The average Bonchev–Trinajstić information content (AvgIpc) is 2.85. The zero-order chi connectivity index (χ0) is 17.6. The van der Waals surface area contributed by atoms with E-state index in [0.717, 1.165) is 0 Å². The van der Waals surface area contributed by atoms with Gasteiger partial charge in [-0.3, -0.25) is 14.5 Å². The summed E-state index contributed by atoms with van der Waals surface area (Å²) in [6.45, 7) is 3.60. The van der Waals surface area contributed by atoms with Crippen molar-refractivity contribution in [3.63, 3.8) is 0 Å². The lowest BCUT2D eigenvalue weighted by Crippen LogP contribution is -2.54. The number of nitrogens with two attached hydrogens (primary N) is 1. The molecule has 2 amide bonds. The molecule has 1 aromatic rings. The summed E-state index contributed by atoms with van der Waals surface area (Å²) in [5.74, 6) is -1.18. The molecule has 2 aliphatic heterocycles. The van der Waals surface area contributed by atoms with Crippen LogP contribution in [0.5, 0.6) is 0 Å². The summed E-state index contributed by atoms with van der Waals surface area (Å²) >= 11 is 4.16. The van der Waals surface area contributed by atoms with Gasteiger partial charge in [-0.15, -0.1) is 23.1 Å². The van der Waals surface area contributed by atoms with Gasteiger partial charge in [0.05, 0.1) is 17.5 Å². The Kier molecular flexibility index (Phi) is 4.63. The molecule has 1 saturated heterocycles. The van der Waals surface area contributed by atoms with E-state index in [0.29, 0.717) is 32.7 Å². The van der Waals surface area contributed by atoms with Gasteiger partial charge >= 0.3 is 5.97 Å². The van der Waals surface area contributed by atoms with Crippen molar-refractivity contribution < 1.29 is 19.5 Å². The Morgan fingerprint density at radius 1 is 1.50 bits per heavy atom. The number of carbonyl (C=O) groups excluding carboxylic acids is 2. The molecule has 0 radical (unpaired) electrons. The molecule has 10 heteroatoms. The number of carboxylic acids is 1. The maximum absolute atomic E-state index is 11.8. The van der Waals surface area contributed by atoms with Crippen molar-refractivity contribution in [2.75, 3.05) is 5.75 Å². The van der Waals surface area contributed by atoms with Crippen LogP contribution >= 0.6 is 34.9 Å². The van der Waals surface area contributed by atoms with Crippen LogP contribution in [0.4, 0.5) is 0 Å². The summed E-state index contributed by atoms with van der Waals surface area (Å²) in [5, 5.41) is 9.30. The number of fused-ring (bicyclic) bond motifs is 1. The summed E-state index contributed by atoms with van der Waals surface area (Å²) in [6, 6.07) is 0. The van der Waals surface area contributed by atoms with E-state index in [4.69, 9.17) is 5.73 Å². The molecule has 3 rings (SSSR count). The summed E-state index contributed by atoms with van der Waals surface area (Å²) < 4.78 is 0.660. The van der Waals surface area contributed by atoms with Crippen LogP contribution in [-0.4, -0.2) is 49.2 Å². The number of hydrogen-bond acceptors (Lipinski definition) is 7. The first-order chi connectivity index (χ1) is 11.3. The number of hydrogen-bond donors (Lipinski definition) is 2. The van der Waals surface area contributed by atoms with E-state index in [-0.39, 0.29) is 22.2 Å². The van der Waals surface area contributed by atoms with Crippen LogP contribution in [0, 0.1) is 6.92 Å². The fourth-order valence-electron chi connectivity index (χ4n) is 2.62. The molecule has 0 aliphatic carbocycles. The van der Waals surface area contributed by atoms with Gasteiger partial charge in [-0.2, -0.15) is 0 Å². The van der Waals surface area contributed by atoms with Gasteiger partial charge in [0.1, 0.15) is 10.6 Å². The molecular formula is C14H15N3O4S3. The van der Waals surface area contributed by atoms with Gasteiger partial charge in [0.15, 0.2) is 4.34 Å². The van der Waals surface area contributed by atoms with Crippen molar-refractivity contribution >= 4 is 52.6 Å². The smallest absolute Gasteiger partial charge is 0.352 e. The quantitative estimate of drug-likeness (QED) is 0.585. The highest BCUT2D eigenvalue weighted by Crippen LogP contribution is 2.44. The Labute approximate surface area is 150 Å². The number of nitrogens with zero attached hydrogens (tertiary/aromatic N) is 2. The van der Waals surface area contributed by atoms with Crippen molar-refractivity contribution in [3.8, 4) is 0 Å². The molecule has 2 atom stereocenters. The van der Waals surface area contributed by atoms with Crippen LogP contribution in [0.3, 0.4) is 0 Å². The molecule has 2 aliphatic rings. The van der Waals surface area contributed by atoms with E-state index < -0.39 is 11.9 Å². The third-order valence-electron chi connectivity index (χ3n) is 3.85. The van der Waals surface area contributed by atoms with Crippen molar-refractivity contribution in [2.24, 2.45) is 5.73 Å². The normalized spacial score (nSPS) is 21.3. The number of carboxylic acid groups (broad SMARTS) is 1. The summed E-state index contributed by atoms with van der Waals surface area (Å²) in [4.78, 5) is 40.9. The van der Waals surface area contributed by atoms with Crippen molar-refractivity contribution in [1.29, 1.82) is 0 Å². The number of β-lactam (4-membered cyclic amide) rings is 1. The average molecular weight is 385 g/mol. The predicted molar refractivity (Wildman–Crippen MR) is 93.1 cm³/mol. The van der Waals surface area contributed by atoms with Crippen LogP contribution in [0.15, 0.2) is 15.6 Å². The SMILES string of the molecule is Cc1nc(SC(C)C2=C(C(=O)O)N3C(=O)C[C@@H]3SC2)sc1C(N)=O. The van der Waals surface area contributed by atoms with Crippen molar-refractivity contribution in [3.05, 3.63) is 21.8 Å². The molecule has 1 fully saturated rings. The van der Waals surface area contributed by atoms with Gasteiger partial charge in [0.2, 0.25) is 5.91 Å². The molecule has 3 heterocycles. The Bertz CT molecular complexity index is 773. The van der Waals surface area contributed by atoms with Crippen LogP contribution in [-0.2, 0) is 9.59 Å². The van der Waals surface area contributed by atoms with Crippen LogP contribution < -0.4 is 5.73 Å².